The monoisotopic (exact) mass is 361 g/mol. The topological polar surface area (TPSA) is 47.6 Å². The molecule has 0 unspecified atom stereocenters. The van der Waals surface area contributed by atoms with Crippen molar-refractivity contribution in [2.24, 2.45) is 0 Å². The molecule has 0 atom stereocenters. The molecule has 1 amide bonds. The Kier molecular flexibility index (Phi) is 5.56. The Morgan fingerprint density at radius 3 is 2.76 bits per heavy atom. The van der Waals surface area contributed by atoms with Crippen molar-refractivity contribution in [3.8, 4) is 11.5 Å². The van der Waals surface area contributed by atoms with Crippen molar-refractivity contribution in [2.75, 3.05) is 19.8 Å². The highest BCUT2D eigenvalue weighted by molar-refractivity contribution is 6.32. The molecule has 0 radical (unpaired) electrons. The van der Waals surface area contributed by atoms with Crippen LogP contribution in [0.3, 0.4) is 0 Å². The van der Waals surface area contributed by atoms with Gasteiger partial charge in [-0.05, 0) is 47.9 Å². The van der Waals surface area contributed by atoms with Crippen LogP contribution in [0.4, 0.5) is 4.39 Å². The van der Waals surface area contributed by atoms with Crippen LogP contribution >= 0.6 is 11.6 Å². The zero-order chi connectivity index (χ0) is 17.6. The van der Waals surface area contributed by atoms with E-state index in [0.29, 0.717) is 42.7 Å². The summed E-state index contributed by atoms with van der Waals surface area (Å²) in [7, 11) is 0. The van der Waals surface area contributed by atoms with E-state index in [1.54, 1.807) is 18.2 Å². The lowest BCUT2D eigenvalue weighted by Crippen LogP contribution is -2.23. The average Bonchev–Trinajstić information content (AvgIpc) is 2.61. The number of hydrogen-bond donors (Lipinski definition) is 1. The minimum atomic E-state index is -0.306. The van der Waals surface area contributed by atoms with Crippen LogP contribution in [-0.2, 0) is 11.2 Å². The van der Waals surface area contributed by atoms with Crippen molar-refractivity contribution >= 4 is 23.6 Å². The Bertz CT molecular complexity index is 790. The summed E-state index contributed by atoms with van der Waals surface area (Å²) >= 11 is 6.19. The van der Waals surface area contributed by atoms with E-state index >= 15 is 0 Å². The van der Waals surface area contributed by atoms with Crippen LogP contribution in [0.5, 0.6) is 11.5 Å². The first-order valence-electron chi connectivity index (χ1n) is 7.91. The molecule has 0 aliphatic carbocycles. The van der Waals surface area contributed by atoms with Crippen LogP contribution in [0.2, 0.25) is 5.02 Å². The van der Waals surface area contributed by atoms with Crippen LogP contribution < -0.4 is 14.8 Å². The number of rotatable bonds is 5. The lowest BCUT2D eigenvalue weighted by atomic mass is 10.1. The largest absolute Gasteiger partial charge is 0.486 e. The lowest BCUT2D eigenvalue weighted by molar-refractivity contribution is -0.116. The molecule has 1 aliphatic heterocycles. The maximum Gasteiger partial charge on any atom is 0.244 e. The summed E-state index contributed by atoms with van der Waals surface area (Å²) in [5.41, 5.74) is 1.72. The summed E-state index contributed by atoms with van der Waals surface area (Å²) in [6, 6.07) is 9.61. The van der Waals surface area contributed by atoms with E-state index in [0.717, 1.165) is 11.1 Å². The Labute approximate surface area is 150 Å². The van der Waals surface area contributed by atoms with E-state index < -0.39 is 0 Å². The smallest absolute Gasteiger partial charge is 0.244 e. The standard InChI is InChI=1S/C19H17ClFNO3/c20-16-11-14(12-17-19(16)25-10-9-24-17)7-8-22-18(23)6-3-13-1-4-15(21)5-2-13/h1-6,11-12H,7-10H2,(H,22,23)/b6-3+. The van der Waals surface area contributed by atoms with E-state index in [4.69, 9.17) is 21.1 Å². The molecule has 0 spiro atoms. The van der Waals surface area contributed by atoms with Gasteiger partial charge in [0.2, 0.25) is 5.91 Å². The van der Waals surface area contributed by atoms with E-state index in [2.05, 4.69) is 5.32 Å². The van der Waals surface area contributed by atoms with Gasteiger partial charge in [0, 0.05) is 12.6 Å². The van der Waals surface area contributed by atoms with E-state index in [1.165, 1.54) is 18.2 Å². The Balaban J connectivity index is 1.51. The molecule has 1 N–H and O–H groups in total. The zero-order valence-corrected chi connectivity index (χ0v) is 14.2. The number of carbonyl (C=O) groups excluding carboxylic acids is 1. The normalized spacial score (nSPS) is 13.0. The highest BCUT2D eigenvalue weighted by Crippen LogP contribution is 2.38. The van der Waals surface area contributed by atoms with Crippen LogP contribution in [0, 0.1) is 5.82 Å². The van der Waals surface area contributed by atoms with Crippen molar-refractivity contribution in [2.45, 2.75) is 6.42 Å². The summed E-state index contributed by atoms with van der Waals surface area (Å²) in [4.78, 5) is 11.8. The van der Waals surface area contributed by atoms with Gasteiger partial charge in [-0.3, -0.25) is 4.79 Å². The van der Waals surface area contributed by atoms with E-state index in [-0.39, 0.29) is 11.7 Å². The van der Waals surface area contributed by atoms with Gasteiger partial charge in [0.1, 0.15) is 19.0 Å². The predicted octanol–water partition coefficient (Wildman–Crippen LogP) is 3.62. The van der Waals surface area contributed by atoms with Crippen molar-refractivity contribution in [3.63, 3.8) is 0 Å². The molecule has 6 heteroatoms. The van der Waals surface area contributed by atoms with Gasteiger partial charge in [0.15, 0.2) is 11.5 Å². The molecule has 0 saturated carbocycles. The molecule has 1 heterocycles. The third kappa shape index (κ3) is 4.73. The Morgan fingerprint density at radius 2 is 1.96 bits per heavy atom. The van der Waals surface area contributed by atoms with Crippen molar-refractivity contribution < 1.29 is 18.7 Å². The van der Waals surface area contributed by atoms with Gasteiger partial charge in [-0.25, -0.2) is 4.39 Å². The number of carbonyl (C=O) groups is 1. The molecule has 25 heavy (non-hydrogen) atoms. The molecular weight excluding hydrogens is 345 g/mol. The van der Waals surface area contributed by atoms with Gasteiger partial charge in [0.05, 0.1) is 5.02 Å². The second-order valence-corrected chi connectivity index (χ2v) is 5.93. The Morgan fingerprint density at radius 1 is 1.20 bits per heavy atom. The fraction of sp³-hybridized carbons (Fsp3) is 0.211. The van der Waals surface area contributed by atoms with Crippen molar-refractivity contribution in [1.82, 2.24) is 5.32 Å². The zero-order valence-electron chi connectivity index (χ0n) is 13.4. The van der Waals surface area contributed by atoms with Gasteiger partial charge < -0.3 is 14.8 Å². The number of ether oxygens (including phenoxy) is 2. The molecule has 1 aliphatic rings. The number of fused-ring (bicyclic) bond motifs is 1. The van der Waals surface area contributed by atoms with Crippen molar-refractivity contribution in [1.29, 1.82) is 0 Å². The highest BCUT2D eigenvalue weighted by atomic mass is 35.5. The molecule has 4 nitrogen and oxygen atoms in total. The highest BCUT2D eigenvalue weighted by Gasteiger charge is 2.16. The maximum absolute atomic E-state index is 12.8. The van der Waals surface area contributed by atoms with E-state index in [9.17, 15) is 9.18 Å². The Hall–Kier alpha value is -2.53. The summed E-state index contributed by atoms with van der Waals surface area (Å²) in [6.07, 6.45) is 3.67. The minimum Gasteiger partial charge on any atom is -0.486 e. The third-order valence-electron chi connectivity index (χ3n) is 3.67. The summed E-state index contributed by atoms with van der Waals surface area (Å²) in [5, 5.41) is 3.31. The van der Waals surface area contributed by atoms with E-state index in [1.807, 2.05) is 12.1 Å². The molecule has 2 aromatic carbocycles. The van der Waals surface area contributed by atoms with Crippen LogP contribution in [-0.4, -0.2) is 25.7 Å². The number of halogens is 2. The van der Waals surface area contributed by atoms with Gasteiger partial charge in [-0.15, -0.1) is 0 Å². The molecule has 0 aromatic heterocycles. The SMILES string of the molecule is O=C(/C=C/c1ccc(F)cc1)NCCc1cc(Cl)c2c(c1)OCCO2. The van der Waals surface area contributed by atoms with Crippen molar-refractivity contribution in [3.05, 3.63) is 64.4 Å². The second kappa shape index (κ2) is 8.03. The van der Waals surface area contributed by atoms with Gasteiger partial charge >= 0.3 is 0 Å². The summed E-state index contributed by atoms with van der Waals surface area (Å²) in [6.45, 7) is 1.45. The van der Waals surface area contributed by atoms with Gasteiger partial charge in [0.25, 0.3) is 0 Å². The quantitative estimate of drug-likeness (QED) is 0.827. The molecule has 130 valence electrons. The number of nitrogens with one attached hydrogen (secondary N) is 1. The van der Waals surface area contributed by atoms with Crippen LogP contribution in [0.15, 0.2) is 42.5 Å². The molecule has 0 saturated heterocycles. The lowest BCUT2D eigenvalue weighted by Gasteiger charge is -2.20. The molecule has 0 bridgehead atoms. The summed E-state index contributed by atoms with van der Waals surface area (Å²) in [5.74, 6) is 0.687. The van der Waals surface area contributed by atoms with Gasteiger partial charge in [-0.1, -0.05) is 23.7 Å². The first-order chi connectivity index (χ1) is 12.1. The third-order valence-corrected chi connectivity index (χ3v) is 3.95. The van der Waals surface area contributed by atoms with Gasteiger partial charge in [-0.2, -0.15) is 0 Å². The fourth-order valence-electron chi connectivity index (χ4n) is 2.44. The average molecular weight is 362 g/mol. The van der Waals surface area contributed by atoms with Crippen LogP contribution in [0.25, 0.3) is 6.08 Å². The summed E-state index contributed by atoms with van der Waals surface area (Å²) < 4.78 is 23.8. The minimum absolute atomic E-state index is 0.215. The number of amides is 1. The number of benzene rings is 2. The molecule has 2 aromatic rings. The predicted molar refractivity (Wildman–Crippen MR) is 94.6 cm³/mol. The first kappa shape index (κ1) is 17.3. The second-order valence-electron chi connectivity index (χ2n) is 5.53. The maximum atomic E-state index is 12.8. The molecule has 0 fully saturated rings. The fourth-order valence-corrected chi connectivity index (χ4v) is 2.73. The van der Waals surface area contributed by atoms with Crippen LogP contribution in [0.1, 0.15) is 11.1 Å². The molecular formula is C19H17ClFNO3. The molecule has 3 rings (SSSR count). The first-order valence-corrected chi connectivity index (χ1v) is 8.29. The number of hydrogen-bond acceptors (Lipinski definition) is 3.